The molecule has 1 aliphatic heterocycles. The largest absolute Gasteiger partial charge is 0.515 e. The van der Waals surface area contributed by atoms with Crippen LogP contribution in [0.2, 0.25) is 0 Å². The Bertz CT molecular complexity index is 461. The summed E-state index contributed by atoms with van der Waals surface area (Å²) in [6, 6.07) is 3.65. The summed E-state index contributed by atoms with van der Waals surface area (Å²) in [5.74, 6) is 2.60. The topological polar surface area (TPSA) is 31.4 Å². The molecule has 0 aromatic carbocycles. The molecule has 0 spiro atoms. The predicted octanol–water partition coefficient (Wildman–Crippen LogP) is 1.36. The van der Waals surface area contributed by atoms with Crippen molar-refractivity contribution in [3.63, 3.8) is 0 Å². The molecule has 0 amide bonds. The number of rotatable bonds is 1. The van der Waals surface area contributed by atoms with Crippen molar-refractivity contribution in [2.24, 2.45) is 0 Å². The van der Waals surface area contributed by atoms with Crippen molar-refractivity contribution >= 4 is 12.7 Å². The van der Waals surface area contributed by atoms with Crippen molar-refractivity contribution < 1.29 is 9.31 Å². The molecule has 2 heterocycles. The van der Waals surface area contributed by atoms with E-state index in [0.29, 0.717) is 11.2 Å². The van der Waals surface area contributed by atoms with E-state index in [2.05, 4.69) is 10.9 Å². The first-order valence-electron chi connectivity index (χ1n) is 5.64. The van der Waals surface area contributed by atoms with Gasteiger partial charge in [0.15, 0.2) is 0 Å². The summed E-state index contributed by atoms with van der Waals surface area (Å²) in [5.41, 5.74) is 0.641. The Labute approximate surface area is 103 Å². The lowest BCUT2D eigenvalue weighted by atomic mass is 9.81. The highest BCUT2D eigenvalue weighted by Crippen LogP contribution is 2.36. The third-order valence-electron chi connectivity index (χ3n) is 3.47. The number of pyridine rings is 1. The van der Waals surface area contributed by atoms with Gasteiger partial charge < -0.3 is 9.31 Å². The lowest BCUT2D eigenvalue weighted by molar-refractivity contribution is 0.00578. The molecule has 3 nitrogen and oxygen atoms in total. The van der Waals surface area contributed by atoms with Crippen LogP contribution in [0.1, 0.15) is 33.3 Å². The van der Waals surface area contributed by atoms with Gasteiger partial charge in [0.1, 0.15) is 0 Å². The Balaban J connectivity index is 2.36. The fourth-order valence-corrected chi connectivity index (χ4v) is 1.68. The molecule has 1 aromatic heterocycles. The quantitative estimate of drug-likeness (QED) is 0.538. The minimum absolute atomic E-state index is 0.374. The van der Waals surface area contributed by atoms with Crippen LogP contribution in [-0.2, 0) is 9.31 Å². The first-order valence-corrected chi connectivity index (χ1v) is 5.64. The highest BCUT2D eigenvalue weighted by molar-refractivity contribution is 6.61. The lowest BCUT2D eigenvalue weighted by Gasteiger charge is -2.32. The standard InChI is InChI=1S/C13H16BNO2/c1-6-10-8-7-9-15-11(10)14-16-12(2,3)13(4,5)17-14/h1,7-9H,2-5H3. The van der Waals surface area contributed by atoms with E-state index >= 15 is 0 Å². The monoisotopic (exact) mass is 229 g/mol. The van der Waals surface area contributed by atoms with Crippen molar-refractivity contribution in [2.45, 2.75) is 38.9 Å². The van der Waals surface area contributed by atoms with E-state index in [4.69, 9.17) is 15.7 Å². The molecule has 0 bridgehead atoms. The lowest BCUT2D eigenvalue weighted by Crippen LogP contribution is -2.41. The number of terminal acetylenes is 1. The van der Waals surface area contributed by atoms with Crippen LogP contribution in [0.5, 0.6) is 0 Å². The number of hydrogen-bond donors (Lipinski definition) is 0. The summed E-state index contributed by atoms with van der Waals surface area (Å²) in [6.07, 6.45) is 7.15. The minimum atomic E-state index is -0.493. The first kappa shape index (κ1) is 12.2. The Morgan fingerprint density at radius 2 is 1.82 bits per heavy atom. The zero-order valence-corrected chi connectivity index (χ0v) is 10.7. The second-order valence-corrected chi connectivity index (χ2v) is 5.17. The Morgan fingerprint density at radius 3 is 2.35 bits per heavy atom. The Morgan fingerprint density at radius 1 is 1.24 bits per heavy atom. The molecule has 0 saturated carbocycles. The van der Waals surface area contributed by atoms with Crippen molar-refractivity contribution in [1.29, 1.82) is 0 Å². The SMILES string of the molecule is C#Cc1cccnc1B1OC(C)(C)C(C)(C)O1. The van der Waals surface area contributed by atoms with E-state index < -0.39 is 7.12 Å². The number of hydrogen-bond acceptors (Lipinski definition) is 3. The van der Waals surface area contributed by atoms with Gasteiger partial charge in [-0.05, 0) is 39.8 Å². The summed E-state index contributed by atoms with van der Waals surface area (Å²) in [5, 5.41) is 0. The van der Waals surface area contributed by atoms with Crippen LogP contribution in [0.15, 0.2) is 18.3 Å². The molecule has 0 atom stereocenters. The zero-order valence-electron chi connectivity index (χ0n) is 10.7. The number of aromatic nitrogens is 1. The van der Waals surface area contributed by atoms with Crippen molar-refractivity contribution in [3.8, 4) is 12.3 Å². The summed E-state index contributed by atoms with van der Waals surface area (Å²) in [7, 11) is -0.493. The highest BCUT2D eigenvalue weighted by atomic mass is 16.7. The fraction of sp³-hybridized carbons (Fsp3) is 0.462. The molecule has 0 unspecified atom stereocenters. The van der Waals surface area contributed by atoms with Gasteiger partial charge >= 0.3 is 7.12 Å². The van der Waals surface area contributed by atoms with Gasteiger partial charge in [-0.15, -0.1) is 6.42 Å². The molecule has 2 rings (SSSR count). The van der Waals surface area contributed by atoms with E-state index in [1.165, 1.54) is 0 Å². The molecule has 0 N–H and O–H groups in total. The van der Waals surface area contributed by atoms with E-state index in [9.17, 15) is 0 Å². The third-order valence-corrected chi connectivity index (χ3v) is 3.47. The predicted molar refractivity (Wildman–Crippen MR) is 67.9 cm³/mol. The average Bonchev–Trinajstić information content (AvgIpc) is 2.48. The van der Waals surface area contributed by atoms with Gasteiger partial charge in [0.25, 0.3) is 0 Å². The van der Waals surface area contributed by atoms with E-state index in [0.717, 1.165) is 0 Å². The molecule has 1 aromatic rings. The Hall–Kier alpha value is -1.31. The third kappa shape index (κ3) is 1.97. The van der Waals surface area contributed by atoms with Gasteiger partial charge in [-0.2, -0.15) is 0 Å². The molecule has 1 saturated heterocycles. The van der Waals surface area contributed by atoms with Crippen molar-refractivity contribution in [3.05, 3.63) is 23.9 Å². The van der Waals surface area contributed by atoms with Gasteiger partial charge in [-0.3, -0.25) is 4.98 Å². The van der Waals surface area contributed by atoms with Gasteiger partial charge in [0.2, 0.25) is 0 Å². The molecule has 17 heavy (non-hydrogen) atoms. The summed E-state index contributed by atoms with van der Waals surface area (Å²) < 4.78 is 11.8. The summed E-state index contributed by atoms with van der Waals surface area (Å²) in [6.45, 7) is 8.02. The molecule has 4 heteroatoms. The van der Waals surface area contributed by atoms with E-state index in [1.54, 1.807) is 6.20 Å². The summed E-state index contributed by atoms with van der Waals surface area (Å²) in [4.78, 5) is 4.27. The van der Waals surface area contributed by atoms with Crippen LogP contribution in [0.4, 0.5) is 0 Å². The van der Waals surface area contributed by atoms with Crippen LogP contribution in [0, 0.1) is 12.3 Å². The fourth-order valence-electron chi connectivity index (χ4n) is 1.68. The normalized spacial score (nSPS) is 21.2. The van der Waals surface area contributed by atoms with Gasteiger partial charge in [-0.25, -0.2) is 0 Å². The highest BCUT2D eigenvalue weighted by Gasteiger charge is 2.52. The van der Waals surface area contributed by atoms with Gasteiger partial charge in [0.05, 0.1) is 16.8 Å². The second kappa shape index (κ2) is 3.87. The van der Waals surface area contributed by atoms with Gasteiger partial charge in [-0.1, -0.05) is 5.92 Å². The van der Waals surface area contributed by atoms with Crippen molar-refractivity contribution in [1.82, 2.24) is 4.98 Å². The maximum absolute atomic E-state index is 5.91. The molecule has 1 fully saturated rings. The smallest absolute Gasteiger partial charge is 0.398 e. The van der Waals surface area contributed by atoms with Crippen LogP contribution in [0.25, 0.3) is 0 Å². The molecule has 88 valence electrons. The molecular weight excluding hydrogens is 213 g/mol. The first-order chi connectivity index (χ1) is 7.87. The molecule has 0 aliphatic carbocycles. The second-order valence-electron chi connectivity index (χ2n) is 5.17. The maximum Gasteiger partial charge on any atom is 0.515 e. The molecular formula is C13H16BNO2. The maximum atomic E-state index is 5.91. The van der Waals surface area contributed by atoms with E-state index in [-0.39, 0.29) is 11.2 Å². The Kier molecular flexibility index (Phi) is 2.77. The zero-order chi connectivity index (χ0) is 12.7. The molecule has 0 radical (unpaired) electrons. The minimum Gasteiger partial charge on any atom is -0.398 e. The average molecular weight is 229 g/mol. The molecule has 1 aliphatic rings. The van der Waals surface area contributed by atoms with Crippen LogP contribution in [-0.4, -0.2) is 23.3 Å². The number of nitrogens with zero attached hydrogens (tertiary/aromatic N) is 1. The van der Waals surface area contributed by atoms with Crippen LogP contribution < -0.4 is 5.59 Å². The van der Waals surface area contributed by atoms with Crippen LogP contribution in [0.3, 0.4) is 0 Å². The van der Waals surface area contributed by atoms with Crippen molar-refractivity contribution in [2.75, 3.05) is 0 Å². The van der Waals surface area contributed by atoms with Crippen LogP contribution >= 0.6 is 0 Å². The summed E-state index contributed by atoms with van der Waals surface area (Å²) >= 11 is 0. The van der Waals surface area contributed by atoms with E-state index in [1.807, 2.05) is 39.8 Å². The van der Waals surface area contributed by atoms with Gasteiger partial charge in [0, 0.05) is 11.8 Å².